The molecular weight excluding hydrogens is 461 g/mol. The molecule has 1 atom stereocenters. The van der Waals surface area contributed by atoms with Crippen LogP contribution in [0.4, 0.5) is 9.39 Å². The number of thioether (sulfide) groups is 1. The highest BCUT2D eigenvalue weighted by Crippen LogP contribution is 2.39. The second kappa shape index (κ2) is 10.4. The number of aromatic nitrogens is 3. The Kier molecular flexibility index (Phi) is 7.30. The van der Waals surface area contributed by atoms with Crippen molar-refractivity contribution in [1.29, 1.82) is 5.26 Å². The van der Waals surface area contributed by atoms with Gasteiger partial charge >= 0.3 is 0 Å². The van der Waals surface area contributed by atoms with E-state index in [1.54, 1.807) is 12.1 Å². The number of hydrogen-bond acceptors (Lipinski definition) is 7. The largest absolute Gasteiger partial charge is 0.486 e. The van der Waals surface area contributed by atoms with Gasteiger partial charge in [-0.05, 0) is 61.9 Å². The number of amides is 1. The zero-order valence-corrected chi connectivity index (χ0v) is 20.1. The Morgan fingerprint density at radius 1 is 1.39 bits per heavy atom. The van der Waals surface area contributed by atoms with Crippen LogP contribution in [-0.2, 0) is 30.8 Å². The van der Waals surface area contributed by atoms with E-state index in [2.05, 4.69) is 28.5 Å². The van der Waals surface area contributed by atoms with Gasteiger partial charge in [0.25, 0.3) is 0 Å². The van der Waals surface area contributed by atoms with E-state index in [1.807, 2.05) is 11.5 Å². The number of rotatable bonds is 8. The first kappa shape index (κ1) is 23.3. The van der Waals surface area contributed by atoms with Gasteiger partial charge in [-0.25, -0.2) is 4.39 Å². The highest BCUT2D eigenvalue weighted by molar-refractivity contribution is 7.99. The highest BCUT2D eigenvalue weighted by Gasteiger charge is 2.25. The fourth-order valence-electron chi connectivity index (χ4n) is 3.78. The lowest BCUT2D eigenvalue weighted by molar-refractivity contribution is -0.113. The SMILES string of the molecule is CCn1c(COc2ccc(F)cc2)nnc1SCC(=O)Nc1sc2c(c1C#N)CCC(C)C2. The zero-order valence-electron chi connectivity index (χ0n) is 18.4. The lowest BCUT2D eigenvalue weighted by Gasteiger charge is -2.17. The summed E-state index contributed by atoms with van der Waals surface area (Å²) in [6.07, 6.45) is 2.92. The molecule has 0 aliphatic heterocycles. The lowest BCUT2D eigenvalue weighted by Crippen LogP contribution is -2.15. The minimum Gasteiger partial charge on any atom is -0.486 e. The Labute approximate surface area is 200 Å². The van der Waals surface area contributed by atoms with E-state index in [0.717, 1.165) is 24.8 Å². The van der Waals surface area contributed by atoms with Gasteiger partial charge in [0.1, 0.15) is 29.2 Å². The van der Waals surface area contributed by atoms with Gasteiger partial charge in [0.05, 0.1) is 11.3 Å². The van der Waals surface area contributed by atoms with Gasteiger partial charge in [0, 0.05) is 11.4 Å². The fraction of sp³-hybridized carbons (Fsp3) is 0.391. The first-order valence-electron chi connectivity index (χ1n) is 10.8. The summed E-state index contributed by atoms with van der Waals surface area (Å²) in [4.78, 5) is 13.8. The predicted octanol–water partition coefficient (Wildman–Crippen LogP) is 4.80. The Morgan fingerprint density at radius 3 is 2.91 bits per heavy atom. The van der Waals surface area contributed by atoms with Gasteiger partial charge < -0.3 is 14.6 Å². The van der Waals surface area contributed by atoms with Crippen molar-refractivity contribution in [2.24, 2.45) is 5.92 Å². The van der Waals surface area contributed by atoms with Crippen LogP contribution in [0.25, 0.3) is 0 Å². The number of carbonyl (C=O) groups is 1. The van der Waals surface area contributed by atoms with Gasteiger partial charge in [-0.15, -0.1) is 21.5 Å². The minimum absolute atomic E-state index is 0.154. The van der Waals surface area contributed by atoms with Gasteiger partial charge in [0.2, 0.25) is 5.91 Å². The molecule has 3 aromatic rings. The molecule has 0 spiro atoms. The summed E-state index contributed by atoms with van der Waals surface area (Å²) in [5.41, 5.74) is 1.71. The van der Waals surface area contributed by atoms with E-state index in [4.69, 9.17) is 4.74 Å². The monoisotopic (exact) mass is 485 g/mol. The lowest BCUT2D eigenvalue weighted by atomic mass is 9.89. The van der Waals surface area contributed by atoms with Crippen molar-refractivity contribution in [3.8, 4) is 11.8 Å². The van der Waals surface area contributed by atoms with E-state index in [9.17, 15) is 14.4 Å². The number of ether oxygens (including phenoxy) is 1. The number of hydrogen-bond donors (Lipinski definition) is 1. The molecule has 4 rings (SSSR count). The molecular formula is C23H24FN5O2S2. The molecule has 0 saturated heterocycles. The normalized spacial score (nSPS) is 15.0. The van der Waals surface area contributed by atoms with Crippen LogP contribution in [0.15, 0.2) is 29.4 Å². The Hall–Kier alpha value is -2.90. The third kappa shape index (κ3) is 5.37. The zero-order chi connectivity index (χ0) is 23.4. The van der Waals surface area contributed by atoms with E-state index < -0.39 is 0 Å². The average molecular weight is 486 g/mol. The molecule has 0 saturated carbocycles. The molecule has 33 heavy (non-hydrogen) atoms. The number of anilines is 1. The van der Waals surface area contributed by atoms with Crippen LogP contribution in [0.5, 0.6) is 5.75 Å². The Bertz CT molecular complexity index is 1180. The summed E-state index contributed by atoms with van der Waals surface area (Å²) >= 11 is 2.81. The summed E-state index contributed by atoms with van der Waals surface area (Å²) in [6, 6.07) is 8.06. The first-order valence-corrected chi connectivity index (χ1v) is 12.6. The smallest absolute Gasteiger partial charge is 0.235 e. The number of nitriles is 1. The summed E-state index contributed by atoms with van der Waals surface area (Å²) in [7, 11) is 0. The van der Waals surface area contributed by atoms with Crippen molar-refractivity contribution in [1.82, 2.24) is 14.8 Å². The minimum atomic E-state index is -0.324. The van der Waals surface area contributed by atoms with E-state index >= 15 is 0 Å². The topological polar surface area (TPSA) is 92.8 Å². The number of halogens is 1. The maximum absolute atomic E-state index is 13.0. The molecule has 1 amide bonds. The predicted molar refractivity (Wildman–Crippen MR) is 126 cm³/mol. The van der Waals surface area contributed by atoms with Crippen molar-refractivity contribution in [3.05, 3.63) is 51.9 Å². The molecule has 1 unspecified atom stereocenters. The molecule has 7 nitrogen and oxygen atoms in total. The maximum Gasteiger partial charge on any atom is 0.235 e. The Morgan fingerprint density at radius 2 is 2.18 bits per heavy atom. The summed E-state index contributed by atoms with van der Waals surface area (Å²) in [5, 5.41) is 22.2. The molecule has 2 aromatic heterocycles. The number of nitrogens with zero attached hydrogens (tertiary/aromatic N) is 4. The van der Waals surface area contributed by atoms with Crippen molar-refractivity contribution in [2.75, 3.05) is 11.1 Å². The molecule has 0 radical (unpaired) electrons. The quantitative estimate of drug-likeness (QED) is 0.461. The van der Waals surface area contributed by atoms with Crippen molar-refractivity contribution < 1.29 is 13.9 Å². The van der Waals surface area contributed by atoms with Crippen LogP contribution in [0.1, 0.15) is 42.1 Å². The second-order valence-corrected chi connectivity index (χ2v) is 9.94. The standard InChI is InChI=1S/C23H24FN5O2S2/c1-3-29-20(12-31-16-7-5-15(24)6-8-16)27-28-23(29)32-13-21(30)26-22-18(11-25)17-9-4-14(2)10-19(17)33-22/h5-8,14H,3-4,9-10,12-13H2,1-2H3,(H,26,30). The molecule has 1 N–H and O–H groups in total. The van der Waals surface area contributed by atoms with Gasteiger partial charge in [-0.3, -0.25) is 4.79 Å². The molecule has 0 fully saturated rings. The fourth-order valence-corrected chi connectivity index (χ4v) is 5.98. The molecule has 10 heteroatoms. The summed E-state index contributed by atoms with van der Waals surface area (Å²) < 4.78 is 20.6. The van der Waals surface area contributed by atoms with Crippen molar-refractivity contribution in [3.63, 3.8) is 0 Å². The number of thiophene rings is 1. The number of carbonyl (C=O) groups excluding carboxylic acids is 1. The molecule has 1 aliphatic rings. The van der Waals surface area contributed by atoms with Gasteiger partial charge in [-0.1, -0.05) is 18.7 Å². The van der Waals surface area contributed by atoms with Crippen molar-refractivity contribution >= 4 is 34.0 Å². The summed E-state index contributed by atoms with van der Waals surface area (Å²) in [6.45, 7) is 4.98. The molecule has 172 valence electrons. The molecule has 2 heterocycles. The third-order valence-corrected chi connectivity index (χ3v) is 7.64. The van der Waals surface area contributed by atoms with Crippen LogP contribution in [-0.4, -0.2) is 26.4 Å². The summed E-state index contributed by atoms with van der Waals surface area (Å²) in [5.74, 6) is 1.41. The first-order chi connectivity index (χ1) is 16.0. The molecule has 1 aliphatic carbocycles. The van der Waals surface area contributed by atoms with Crippen LogP contribution in [0.3, 0.4) is 0 Å². The highest BCUT2D eigenvalue weighted by atomic mass is 32.2. The maximum atomic E-state index is 13.0. The third-order valence-electron chi connectivity index (χ3n) is 5.50. The van der Waals surface area contributed by atoms with Crippen molar-refractivity contribution in [2.45, 2.75) is 51.4 Å². The number of nitrogens with one attached hydrogen (secondary N) is 1. The van der Waals surface area contributed by atoms with Crippen LogP contribution < -0.4 is 10.1 Å². The Balaban J connectivity index is 1.37. The average Bonchev–Trinajstić information content (AvgIpc) is 3.36. The second-order valence-electron chi connectivity index (χ2n) is 7.89. The molecule has 1 aromatic carbocycles. The van der Waals surface area contributed by atoms with Gasteiger partial charge in [0.15, 0.2) is 11.0 Å². The van der Waals surface area contributed by atoms with Crippen LogP contribution in [0.2, 0.25) is 0 Å². The van der Waals surface area contributed by atoms with Crippen LogP contribution in [0, 0.1) is 23.1 Å². The van der Waals surface area contributed by atoms with E-state index in [-0.39, 0.29) is 24.1 Å². The number of benzene rings is 1. The van der Waals surface area contributed by atoms with E-state index in [0.29, 0.717) is 39.8 Å². The molecule has 0 bridgehead atoms. The number of fused-ring (bicyclic) bond motifs is 1. The van der Waals surface area contributed by atoms with Crippen LogP contribution >= 0.6 is 23.1 Å². The van der Waals surface area contributed by atoms with E-state index in [1.165, 1.54) is 40.1 Å². The van der Waals surface area contributed by atoms with Gasteiger partial charge in [-0.2, -0.15) is 5.26 Å².